The average Bonchev–Trinajstić information content (AvgIpc) is 2.78. The van der Waals surface area contributed by atoms with E-state index < -0.39 is 23.6 Å². The lowest BCUT2D eigenvalue weighted by atomic mass is 9.68. The van der Waals surface area contributed by atoms with E-state index in [0.717, 1.165) is 43.9 Å². The maximum Gasteiger partial charge on any atom is 0.194 e. The Balaban J connectivity index is 1.60. The lowest BCUT2D eigenvalue weighted by molar-refractivity contribution is 0.153. The molecule has 2 saturated carbocycles. The number of halogens is 3. The number of aryl methyl sites for hydroxylation is 1. The van der Waals surface area contributed by atoms with Crippen LogP contribution in [-0.2, 0) is 6.42 Å². The van der Waals surface area contributed by atoms with Crippen LogP contribution in [-0.4, -0.2) is 11.2 Å². The van der Waals surface area contributed by atoms with Crippen LogP contribution in [0.1, 0.15) is 114 Å². The third-order valence-corrected chi connectivity index (χ3v) is 8.09. The Bertz CT molecular complexity index is 688. The molecule has 1 atom stereocenters. The Morgan fingerprint density at radius 2 is 1.42 bits per heavy atom. The molecule has 0 aliphatic heterocycles. The fraction of sp³-hybridized carbons (Fsp3) is 0.778. The number of rotatable bonds is 9. The van der Waals surface area contributed by atoms with Gasteiger partial charge in [-0.1, -0.05) is 46.0 Å². The van der Waals surface area contributed by atoms with Crippen LogP contribution in [0.4, 0.5) is 13.2 Å². The zero-order valence-corrected chi connectivity index (χ0v) is 19.4. The van der Waals surface area contributed by atoms with Gasteiger partial charge >= 0.3 is 0 Å². The topological polar surface area (TPSA) is 20.2 Å². The molecule has 4 heteroatoms. The van der Waals surface area contributed by atoms with Crippen LogP contribution in [0.5, 0.6) is 0 Å². The molecule has 3 rings (SSSR count). The molecule has 1 nitrogen and oxygen atoms in total. The summed E-state index contributed by atoms with van der Waals surface area (Å²) in [4.78, 5) is 0. The van der Waals surface area contributed by atoms with Crippen LogP contribution >= 0.6 is 0 Å². The molecule has 176 valence electrons. The fourth-order valence-electron chi connectivity index (χ4n) is 6.22. The molecule has 0 radical (unpaired) electrons. The van der Waals surface area contributed by atoms with Gasteiger partial charge in [0.1, 0.15) is 0 Å². The van der Waals surface area contributed by atoms with Crippen LogP contribution in [0.2, 0.25) is 0 Å². The van der Waals surface area contributed by atoms with Crippen molar-refractivity contribution in [1.82, 2.24) is 0 Å². The largest absolute Gasteiger partial charge is 0.393 e. The molecule has 1 unspecified atom stereocenters. The van der Waals surface area contributed by atoms with E-state index in [2.05, 4.69) is 6.92 Å². The SMILES string of the molecule is CCCC(O)CCc1cc(C2CCC([C@H]3CC[C@H](CCC)CC3)CC2)c(F)c(F)c1F. The van der Waals surface area contributed by atoms with Gasteiger partial charge in [0.2, 0.25) is 0 Å². The van der Waals surface area contributed by atoms with Crippen molar-refractivity contribution in [2.24, 2.45) is 17.8 Å². The van der Waals surface area contributed by atoms with Gasteiger partial charge in [-0.25, -0.2) is 13.2 Å². The molecule has 0 saturated heterocycles. The first-order valence-corrected chi connectivity index (χ1v) is 12.8. The Morgan fingerprint density at radius 3 is 2.00 bits per heavy atom. The molecule has 0 amide bonds. The van der Waals surface area contributed by atoms with Crippen LogP contribution in [0.3, 0.4) is 0 Å². The van der Waals surface area contributed by atoms with Gasteiger partial charge in [-0.3, -0.25) is 0 Å². The number of hydrogen-bond acceptors (Lipinski definition) is 1. The van der Waals surface area contributed by atoms with Crippen molar-refractivity contribution < 1.29 is 18.3 Å². The predicted octanol–water partition coefficient (Wildman–Crippen LogP) is 8.08. The summed E-state index contributed by atoms with van der Waals surface area (Å²) in [7, 11) is 0. The van der Waals surface area contributed by atoms with E-state index in [9.17, 15) is 18.3 Å². The van der Waals surface area contributed by atoms with Gasteiger partial charge in [-0.05, 0) is 98.7 Å². The van der Waals surface area contributed by atoms with Crippen molar-refractivity contribution in [3.05, 3.63) is 34.6 Å². The maximum absolute atomic E-state index is 14.6. The van der Waals surface area contributed by atoms with Crippen LogP contribution in [0.15, 0.2) is 6.07 Å². The van der Waals surface area contributed by atoms with Gasteiger partial charge in [0.15, 0.2) is 17.5 Å². The van der Waals surface area contributed by atoms with E-state index in [1.165, 1.54) is 38.5 Å². The third-order valence-electron chi connectivity index (χ3n) is 8.09. The molecule has 2 aliphatic carbocycles. The van der Waals surface area contributed by atoms with E-state index in [1.807, 2.05) is 6.92 Å². The fourth-order valence-corrected chi connectivity index (χ4v) is 6.22. The highest BCUT2D eigenvalue weighted by atomic mass is 19.2. The first-order valence-electron chi connectivity index (χ1n) is 12.8. The van der Waals surface area contributed by atoms with Gasteiger partial charge in [-0.2, -0.15) is 0 Å². The normalized spacial score (nSPS) is 27.9. The van der Waals surface area contributed by atoms with Gasteiger partial charge in [0, 0.05) is 0 Å². The number of aliphatic hydroxyl groups excluding tert-OH is 1. The zero-order valence-electron chi connectivity index (χ0n) is 19.4. The predicted molar refractivity (Wildman–Crippen MR) is 121 cm³/mol. The number of benzene rings is 1. The smallest absolute Gasteiger partial charge is 0.194 e. The van der Waals surface area contributed by atoms with Crippen molar-refractivity contribution >= 4 is 0 Å². The van der Waals surface area contributed by atoms with Gasteiger partial charge in [-0.15, -0.1) is 0 Å². The number of hydrogen-bond donors (Lipinski definition) is 1. The summed E-state index contributed by atoms with van der Waals surface area (Å²) >= 11 is 0. The van der Waals surface area contributed by atoms with Crippen molar-refractivity contribution in [3.8, 4) is 0 Å². The molecule has 0 aromatic heterocycles. The second kappa shape index (κ2) is 11.7. The minimum atomic E-state index is -1.34. The van der Waals surface area contributed by atoms with Crippen LogP contribution < -0.4 is 0 Å². The molecule has 2 aliphatic rings. The first-order chi connectivity index (χ1) is 14.9. The van der Waals surface area contributed by atoms with Gasteiger partial charge in [0.05, 0.1) is 6.10 Å². The molecule has 1 aromatic rings. The monoisotopic (exact) mass is 438 g/mol. The standard InChI is InChI=1S/C27H41F3O/c1-3-5-18-7-9-19(10-8-18)20-11-13-21(14-12-20)24-17-22(15-16-23(31)6-4-2)25(28)27(30)26(24)29/h17-21,23,31H,3-16H2,1-2H3/t18-,19-,20?,21?,23?. The summed E-state index contributed by atoms with van der Waals surface area (Å²) < 4.78 is 43.3. The average molecular weight is 439 g/mol. The minimum Gasteiger partial charge on any atom is -0.393 e. The molecule has 0 bridgehead atoms. The van der Waals surface area contributed by atoms with Crippen molar-refractivity contribution in [2.75, 3.05) is 0 Å². The lowest BCUT2D eigenvalue weighted by Crippen LogP contribution is -2.25. The van der Waals surface area contributed by atoms with E-state index in [0.29, 0.717) is 24.3 Å². The second-order valence-electron chi connectivity index (χ2n) is 10.2. The zero-order chi connectivity index (χ0) is 22.4. The van der Waals surface area contributed by atoms with Crippen molar-refractivity contribution in [1.29, 1.82) is 0 Å². The molecular formula is C27H41F3O. The first kappa shape index (κ1) is 24.6. The van der Waals surface area contributed by atoms with E-state index in [1.54, 1.807) is 6.07 Å². The van der Waals surface area contributed by atoms with Crippen molar-refractivity contribution in [2.45, 2.75) is 116 Å². The van der Waals surface area contributed by atoms with E-state index in [-0.39, 0.29) is 17.9 Å². The van der Waals surface area contributed by atoms with Crippen LogP contribution in [0.25, 0.3) is 0 Å². The lowest BCUT2D eigenvalue weighted by Gasteiger charge is -2.38. The summed E-state index contributed by atoms with van der Waals surface area (Å²) in [5.41, 5.74) is 0.560. The molecule has 0 heterocycles. The Morgan fingerprint density at radius 1 is 0.806 bits per heavy atom. The molecule has 2 fully saturated rings. The minimum absolute atomic E-state index is 0.0258. The van der Waals surface area contributed by atoms with Gasteiger partial charge < -0.3 is 5.11 Å². The van der Waals surface area contributed by atoms with Gasteiger partial charge in [0.25, 0.3) is 0 Å². The Kier molecular flexibility index (Phi) is 9.31. The molecule has 1 aromatic carbocycles. The van der Waals surface area contributed by atoms with Crippen LogP contribution in [0, 0.1) is 35.2 Å². The highest BCUT2D eigenvalue weighted by molar-refractivity contribution is 5.31. The Hall–Kier alpha value is -1.03. The third kappa shape index (κ3) is 6.27. The molecule has 1 N–H and O–H groups in total. The maximum atomic E-state index is 14.6. The molecular weight excluding hydrogens is 397 g/mol. The Labute approximate surface area is 186 Å². The van der Waals surface area contributed by atoms with Crippen molar-refractivity contribution in [3.63, 3.8) is 0 Å². The summed E-state index contributed by atoms with van der Waals surface area (Å²) in [6.45, 7) is 4.25. The highest BCUT2D eigenvalue weighted by Crippen LogP contribution is 2.45. The summed E-state index contributed by atoms with van der Waals surface area (Å²) in [6.07, 6.45) is 13.4. The summed E-state index contributed by atoms with van der Waals surface area (Å²) in [6, 6.07) is 1.55. The van der Waals surface area contributed by atoms with E-state index >= 15 is 0 Å². The second-order valence-corrected chi connectivity index (χ2v) is 10.2. The van der Waals surface area contributed by atoms with E-state index in [4.69, 9.17) is 0 Å². The summed E-state index contributed by atoms with van der Waals surface area (Å²) in [5.74, 6) is -1.05. The molecule has 31 heavy (non-hydrogen) atoms. The molecule has 0 spiro atoms. The number of aliphatic hydroxyl groups is 1. The summed E-state index contributed by atoms with van der Waals surface area (Å²) in [5, 5.41) is 9.95. The quantitative estimate of drug-likeness (QED) is 0.386. The highest BCUT2D eigenvalue weighted by Gasteiger charge is 2.33.